The molecule has 1 aliphatic carbocycles. The summed E-state index contributed by atoms with van der Waals surface area (Å²) in [4.78, 5) is 22.8. The van der Waals surface area contributed by atoms with Gasteiger partial charge in [0.1, 0.15) is 5.75 Å². The zero-order chi connectivity index (χ0) is 14.2. The lowest BCUT2D eigenvalue weighted by Crippen LogP contribution is -2.11. The van der Waals surface area contributed by atoms with Gasteiger partial charge in [-0.05, 0) is 49.4 Å². The maximum absolute atomic E-state index is 12.2. The summed E-state index contributed by atoms with van der Waals surface area (Å²) in [6, 6.07) is 1.83. The van der Waals surface area contributed by atoms with Gasteiger partial charge >= 0.3 is 5.97 Å². The second kappa shape index (κ2) is 5.03. The van der Waals surface area contributed by atoms with Crippen LogP contribution in [0.25, 0.3) is 0 Å². The molecule has 0 spiro atoms. The molecule has 0 radical (unpaired) electrons. The van der Waals surface area contributed by atoms with Crippen LogP contribution in [0.2, 0.25) is 0 Å². The average Bonchev–Trinajstić information content (AvgIpc) is 2.68. The number of carboxylic acids is 1. The highest BCUT2D eigenvalue weighted by molar-refractivity contribution is 6.04. The monoisotopic (exact) mass is 262 g/mol. The van der Waals surface area contributed by atoms with E-state index >= 15 is 0 Å². The minimum absolute atomic E-state index is 0.0582. The van der Waals surface area contributed by atoms with Crippen molar-refractivity contribution in [1.29, 1.82) is 0 Å². The summed E-state index contributed by atoms with van der Waals surface area (Å²) in [6.45, 7) is 5.42. The summed E-state index contributed by atoms with van der Waals surface area (Å²) in [7, 11) is 0. The van der Waals surface area contributed by atoms with Crippen LogP contribution < -0.4 is 4.74 Å². The van der Waals surface area contributed by atoms with Crippen LogP contribution in [-0.4, -0.2) is 23.5 Å². The van der Waals surface area contributed by atoms with Crippen molar-refractivity contribution in [3.8, 4) is 5.75 Å². The molecule has 1 aliphatic rings. The molecule has 102 valence electrons. The smallest absolute Gasteiger partial charge is 0.341 e. The zero-order valence-corrected chi connectivity index (χ0v) is 11.4. The predicted octanol–water partition coefficient (Wildman–Crippen LogP) is 2.53. The van der Waals surface area contributed by atoms with E-state index in [4.69, 9.17) is 9.84 Å². The van der Waals surface area contributed by atoms with Crippen LogP contribution in [0.1, 0.15) is 40.4 Å². The van der Waals surface area contributed by atoms with Gasteiger partial charge in [0.2, 0.25) is 0 Å². The Bertz CT molecular complexity index is 546. The molecular weight excluding hydrogens is 244 g/mol. The number of benzene rings is 1. The number of ketones is 1. The van der Waals surface area contributed by atoms with E-state index in [1.54, 1.807) is 0 Å². The number of hydrogen-bond donors (Lipinski definition) is 1. The Morgan fingerprint density at radius 2 is 2.11 bits per heavy atom. The van der Waals surface area contributed by atoms with E-state index in [1.165, 1.54) is 0 Å². The van der Waals surface area contributed by atoms with E-state index in [2.05, 4.69) is 0 Å². The van der Waals surface area contributed by atoms with Gasteiger partial charge in [0.25, 0.3) is 0 Å². The fraction of sp³-hybridized carbons (Fsp3) is 0.467. The molecule has 4 heteroatoms. The Morgan fingerprint density at radius 1 is 1.42 bits per heavy atom. The van der Waals surface area contributed by atoms with Gasteiger partial charge in [-0.3, -0.25) is 4.79 Å². The van der Waals surface area contributed by atoms with Gasteiger partial charge in [-0.2, -0.15) is 0 Å². The second-order valence-electron chi connectivity index (χ2n) is 5.01. The van der Waals surface area contributed by atoms with E-state index in [1.807, 2.05) is 26.8 Å². The minimum atomic E-state index is -1.000. The van der Waals surface area contributed by atoms with Crippen LogP contribution in [0.5, 0.6) is 5.75 Å². The Labute approximate surface area is 112 Å². The van der Waals surface area contributed by atoms with Gasteiger partial charge < -0.3 is 9.84 Å². The average molecular weight is 262 g/mol. The first-order valence-corrected chi connectivity index (χ1v) is 6.47. The van der Waals surface area contributed by atoms with Gasteiger partial charge in [0.05, 0.1) is 0 Å². The largest absolute Gasteiger partial charge is 0.482 e. The van der Waals surface area contributed by atoms with Crippen molar-refractivity contribution in [2.24, 2.45) is 5.92 Å². The highest BCUT2D eigenvalue weighted by atomic mass is 16.5. The highest BCUT2D eigenvalue weighted by Gasteiger charge is 2.32. The summed E-state index contributed by atoms with van der Waals surface area (Å²) in [5.41, 5.74) is 3.57. The van der Waals surface area contributed by atoms with E-state index < -0.39 is 5.97 Å². The van der Waals surface area contributed by atoms with Gasteiger partial charge in [-0.15, -0.1) is 0 Å². The van der Waals surface area contributed by atoms with Crippen molar-refractivity contribution in [1.82, 2.24) is 0 Å². The third kappa shape index (κ3) is 2.35. The summed E-state index contributed by atoms with van der Waals surface area (Å²) >= 11 is 0. The summed E-state index contributed by atoms with van der Waals surface area (Å²) < 4.78 is 5.30. The molecule has 0 saturated carbocycles. The molecule has 1 aromatic carbocycles. The van der Waals surface area contributed by atoms with Crippen LogP contribution in [0.4, 0.5) is 0 Å². The van der Waals surface area contributed by atoms with E-state index in [9.17, 15) is 9.59 Å². The third-order valence-corrected chi connectivity index (χ3v) is 3.86. The Balaban J connectivity index is 2.40. The molecule has 1 N–H and O–H groups in total. The Morgan fingerprint density at radius 3 is 2.68 bits per heavy atom. The van der Waals surface area contributed by atoms with Crippen molar-refractivity contribution in [2.45, 2.75) is 33.6 Å². The molecule has 0 aliphatic heterocycles. The van der Waals surface area contributed by atoms with Gasteiger partial charge in [-0.1, -0.05) is 6.92 Å². The molecule has 1 aromatic rings. The van der Waals surface area contributed by atoms with Crippen molar-refractivity contribution in [2.75, 3.05) is 6.61 Å². The van der Waals surface area contributed by atoms with Crippen molar-refractivity contribution in [3.63, 3.8) is 0 Å². The van der Waals surface area contributed by atoms with Crippen molar-refractivity contribution < 1.29 is 19.4 Å². The standard InChI is InChI=1S/C15H18O4/c1-4-10-5-11-6-12(19-7-13(16)17)8(2)9(3)14(11)15(10)18/h6,10H,4-5,7H2,1-3H3,(H,16,17). The molecule has 1 unspecified atom stereocenters. The maximum Gasteiger partial charge on any atom is 0.341 e. The van der Waals surface area contributed by atoms with Crippen LogP contribution in [0.15, 0.2) is 6.07 Å². The van der Waals surface area contributed by atoms with Crippen LogP contribution in [0.3, 0.4) is 0 Å². The van der Waals surface area contributed by atoms with E-state index in [0.29, 0.717) is 5.75 Å². The van der Waals surface area contributed by atoms with Crippen molar-refractivity contribution >= 4 is 11.8 Å². The topological polar surface area (TPSA) is 63.6 Å². The first kappa shape index (κ1) is 13.6. The Hall–Kier alpha value is -1.84. The summed E-state index contributed by atoms with van der Waals surface area (Å²) in [6.07, 6.45) is 1.56. The molecule has 0 heterocycles. The molecule has 19 heavy (non-hydrogen) atoms. The van der Waals surface area contributed by atoms with Crippen LogP contribution >= 0.6 is 0 Å². The number of rotatable bonds is 4. The lowest BCUT2D eigenvalue weighted by Gasteiger charge is -2.13. The molecule has 0 fully saturated rings. The van der Waals surface area contributed by atoms with Gasteiger partial charge in [0, 0.05) is 11.5 Å². The van der Waals surface area contributed by atoms with Gasteiger partial charge in [0.15, 0.2) is 12.4 Å². The lowest BCUT2D eigenvalue weighted by atomic mass is 9.97. The number of carbonyl (C=O) groups excluding carboxylic acids is 1. The fourth-order valence-electron chi connectivity index (χ4n) is 2.64. The number of hydrogen-bond acceptors (Lipinski definition) is 3. The minimum Gasteiger partial charge on any atom is -0.482 e. The quantitative estimate of drug-likeness (QED) is 0.905. The summed E-state index contributed by atoms with van der Waals surface area (Å²) in [5.74, 6) is -0.158. The molecule has 4 nitrogen and oxygen atoms in total. The predicted molar refractivity (Wildman–Crippen MR) is 70.9 cm³/mol. The van der Waals surface area contributed by atoms with Crippen LogP contribution in [-0.2, 0) is 11.2 Å². The first-order valence-electron chi connectivity index (χ1n) is 6.47. The highest BCUT2D eigenvalue weighted by Crippen LogP contribution is 2.36. The summed E-state index contributed by atoms with van der Waals surface area (Å²) in [5, 5.41) is 8.67. The lowest BCUT2D eigenvalue weighted by molar-refractivity contribution is -0.139. The molecule has 0 bridgehead atoms. The van der Waals surface area contributed by atoms with E-state index in [0.717, 1.165) is 35.1 Å². The second-order valence-corrected chi connectivity index (χ2v) is 5.01. The number of ether oxygens (including phenoxy) is 1. The molecule has 1 atom stereocenters. The van der Waals surface area contributed by atoms with Crippen LogP contribution in [0, 0.1) is 19.8 Å². The number of fused-ring (bicyclic) bond motifs is 1. The maximum atomic E-state index is 12.2. The van der Waals surface area contributed by atoms with Gasteiger partial charge in [-0.25, -0.2) is 4.79 Å². The molecule has 0 amide bonds. The molecular formula is C15H18O4. The molecule has 0 aromatic heterocycles. The number of carboxylic acid groups (broad SMARTS) is 1. The number of aliphatic carboxylic acids is 1. The van der Waals surface area contributed by atoms with Crippen molar-refractivity contribution in [3.05, 3.63) is 28.3 Å². The fourth-order valence-corrected chi connectivity index (χ4v) is 2.64. The normalized spacial score (nSPS) is 17.4. The number of carbonyl (C=O) groups is 2. The third-order valence-electron chi connectivity index (χ3n) is 3.86. The Kier molecular flexibility index (Phi) is 3.60. The molecule has 2 rings (SSSR count). The number of Topliss-reactive ketones (excluding diaryl/α,β-unsaturated/α-hetero) is 1. The first-order chi connectivity index (χ1) is 8.95. The zero-order valence-electron chi connectivity index (χ0n) is 11.4. The van der Waals surface area contributed by atoms with E-state index in [-0.39, 0.29) is 18.3 Å². The SMILES string of the molecule is CCC1Cc2cc(OCC(=O)O)c(C)c(C)c2C1=O. The molecule has 0 saturated heterocycles.